The van der Waals surface area contributed by atoms with Crippen molar-refractivity contribution in [3.05, 3.63) is 46.5 Å². The third-order valence-corrected chi connectivity index (χ3v) is 1.86. The van der Waals surface area contributed by atoms with E-state index < -0.39 is 17.4 Å². The van der Waals surface area contributed by atoms with E-state index in [1.165, 1.54) is 18.4 Å². The molecule has 0 aliphatic carbocycles. The van der Waals surface area contributed by atoms with E-state index in [1.54, 1.807) is 0 Å². The van der Waals surface area contributed by atoms with Crippen molar-refractivity contribution in [3.63, 3.8) is 0 Å². The molecule has 0 N–H and O–H groups in total. The van der Waals surface area contributed by atoms with Crippen molar-refractivity contribution >= 4 is 0 Å². The second kappa shape index (κ2) is 3.55. The molecule has 2 rings (SSSR count). The Hall–Kier alpha value is -1.98. The van der Waals surface area contributed by atoms with Crippen LogP contribution in [0.2, 0.25) is 0 Å². The minimum atomic E-state index is -4.59. The standard InChI is InChI=1S/C10H5F3O3/c11-10(12,13)6-4-8(16-9(14)5-6)7-2-1-3-15-7/h1-5H. The van der Waals surface area contributed by atoms with Crippen molar-refractivity contribution in [2.24, 2.45) is 0 Å². The summed E-state index contributed by atoms with van der Waals surface area (Å²) >= 11 is 0. The molecular weight excluding hydrogens is 225 g/mol. The van der Waals surface area contributed by atoms with E-state index in [9.17, 15) is 18.0 Å². The first kappa shape index (κ1) is 10.5. The third-order valence-electron chi connectivity index (χ3n) is 1.86. The molecule has 0 atom stereocenters. The van der Waals surface area contributed by atoms with Crippen molar-refractivity contribution in [1.82, 2.24) is 0 Å². The lowest BCUT2D eigenvalue weighted by atomic mass is 10.2. The monoisotopic (exact) mass is 230 g/mol. The zero-order valence-corrected chi connectivity index (χ0v) is 7.75. The third kappa shape index (κ3) is 2.00. The minimum absolute atomic E-state index is 0.0724. The largest absolute Gasteiger partial charge is 0.461 e. The van der Waals surface area contributed by atoms with E-state index >= 15 is 0 Å². The molecule has 0 aliphatic heterocycles. The van der Waals surface area contributed by atoms with E-state index in [-0.39, 0.29) is 11.5 Å². The minimum Gasteiger partial charge on any atom is -0.461 e. The predicted molar refractivity (Wildman–Crippen MR) is 47.7 cm³/mol. The highest BCUT2D eigenvalue weighted by Gasteiger charge is 2.32. The van der Waals surface area contributed by atoms with Crippen LogP contribution in [0.4, 0.5) is 13.2 Å². The molecule has 3 nitrogen and oxygen atoms in total. The fourth-order valence-corrected chi connectivity index (χ4v) is 1.18. The molecule has 0 bridgehead atoms. The van der Waals surface area contributed by atoms with Crippen LogP contribution in [0.15, 0.2) is 44.2 Å². The Morgan fingerprint density at radius 1 is 1.12 bits per heavy atom. The van der Waals surface area contributed by atoms with Gasteiger partial charge >= 0.3 is 11.8 Å². The van der Waals surface area contributed by atoms with Crippen LogP contribution in [0.5, 0.6) is 0 Å². The lowest BCUT2D eigenvalue weighted by Crippen LogP contribution is -2.10. The first-order chi connectivity index (χ1) is 7.47. The SMILES string of the molecule is O=c1cc(C(F)(F)F)cc(-c2ccco2)o1. The summed E-state index contributed by atoms with van der Waals surface area (Å²) in [7, 11) is 0. The molecule has 0 radical (unpaired) electrons. The van der Waals surface area contributed by atoms with Crippen LogP contribution >= 0.6 is 0 Å². The molecule has 6 heteroatoms. The molecule has 0 amide bonds. The van der Waals surface area contributed by atoms with Crippen LogP contribution < -0.4 is 5.63 Å². The fraction of sp³-hybridized carbons (Fsp3) is 0.100. The molecule has 0 unspecified atom stereocenters. The van der Waals surface area contributed by atoms with Gasteiger partial charge in [0.15, 0.2) is 11.5 Å². The molecule has 0 spiro atoms. The highest BCUT2D eigenvalue weighted by atomic mass is 19.4. The molecule has 0 saturated carbocycles. The molecule has 0 fully saturated rings. The van der Waals surface area contributed by atoms with E-state index in [0.717, 1.165) is 6.07 Å². The summed E-state index contributed by atoms with van der Waals surface area (Å²) in [6, 6.07) is 4.00. The van der Waals surface area contributed by atoms with Crippen LogP contribution in [-0.4, -0.2) is 0 Å². The summed E-state index contributed by atoms with van der Waals surface area (Å²) < 4.78 is 46.6. The van der Waals surface area contributed by atoms with Gasteiger partial charge in [-0.3, -0.25) is 0 Å². The highest BCUT2D eigenvalue weighted by molar-refractivity contribution is 5.50. The van der Waals surface area contributed by atoms with Gasteiger partial charge in [-0.1, -0.05) is 0 Å². The Bertz CT molecular complexity index is 537. The number of alkyl halides is 3. The van der Waals surface area contributed by atoms with Gasteiger partial charge in [-0.15, -0.1) is 0 Å². The number of furan rings is 1. The molecule has 84 valence electrons. The van der Waals surface area contributed by atoms with Gasteiger partial charge in [-0.05, 0) is 18.2 Å². The van der Waals surface area contributed by atoms with Gasteiger partial charge in [0.05, 0.1) is 11.8 Å². The van der Waals surface area contributed by atoms with E-state index in [4.69, 9.17) is 4.42 Å². The van der Waals surface area contributed by atoms with Gasteiger partial charge in [0.25, 0.3) is 0 Å². The van der Waals surface area contributed by atoms with Gasteiger partial charge in [0.1, 0.15) is 0 Å². The Morgan fingerprint density at radius 3 is 2.44 bits per heavy atom. The summed E-state index contributed by atoms with van der Waals surface area (Å²) in [6.45, 7) is 0. The van der Waals surface area contributed by atoms with Gasteiger partial charge in [-0.2, -0.15) is 13.2 Å². The maximum Gasteiger partial charge on any atom is 0.416 e. The quantitative estimate of drug-likeness (QED) is 0.756. The number of hydrogen-bond donors (Lipinski definition) is 0. The molecule has 0 saturated heterocycles. The van der Waals surface area contributed by atoms with E-state index in [1.807, 2.05) is 0 Å². The average Bonchev–Trinajstić information content (AvgIpc) is 2.68. The lowest BCUT2D eigenvalue weighted by molar-refractivity contribution is -0.137. The normalized spacial score (nSPS) is 11.7. The molecule has 2 aromatic heterocycles. The van der Waals surface area contributed by atoms with Crippen LogP contribution in [0.25, 0.3) is 11.5 Å². The number of hydrogen-bond acceptors (Lipinski definition) is 3. The smallest absolute Gasteiger partial charge is 0.416 e. The molecule has 16 heavy (non-hydrogen) atoms. The second-order valence-corrected chi connectivity index (χ2v) is 3.00. The lowest BCUT2D eigenvalue weighted by Gasteiger charge is -2.05. The van der Waals surface area contributed by atoms with Crippen molar-refractivity contribution in [2.45, 2.75) is 6.18 Å². The predicted octanol–water partition coefficient (Wildman–Crippen LogP) is 2.92. The topological polar surface area (TPSA) is 43.4 Å². The molecule has 0 aliphatic rings. The van der Waals surface area contributed by atoms with Gasteiger partial charge < -0.3 is 8.83 Å². The van der Waals surface area contributed by atoms with Crippen LogP contribution in [0.3, 0.4) is 0 Å². The molecular formula is C10H5F3O3. The fourth-order valence-electron chi connectivity index (χ4n) is 1.18. The second-order valence-electron chi connectivity index (χ2n) is 3.00. The first-order valence-electron chi connectivity index (χ1n) is 4.23. The highest BCUT2D eigenvalue weighted by Crippen LogP contribution is 2.31. The maximum atomic E-state index is 12.4. The Kier molecular flexibility index (Phi) is 2.34. The summed E-state index contributed by atoms with van der Waals surface area (Å²) in [5, 5.41) is 0. The van der Waals surface area contributed by atoms with Crippen molar-refractivity contribution in [1.29, 1.82) is 0 Å². The summed E-state index contributed by atoms with van der Waals surface area (Å²) in [6.07, 6.45) is -3.31. The average molecular weight is 230 g/mol. The summed E-state index contributed by atoms with van der Waals surface area (Å²) in [5.74, 6) is -0.173. The summed E-state index contributed by atoms with van der Waals surface area (Å²) in [5.41, 5.74) is -2.13. The molecule has 0 aromatic carbocycles. The summed E-state index contributed by atoms with van der Waals surface area (Å²) in [4.78, 5) is 10.9. The van der Waals surface area contributed by atoms with Gasteiger partial charge in [0, 0.05) is 6.07 Å². The molecule has 2 heterocycles. The number of rotatable bonds is 1. The Balaban J connectivity index is 2.57. The van der Waals surface area contributed by atoms with Crippen molar-refractivity contribution in [2.75, 3.05) is 0 Å². The molecule has 2 aromatic rings. The number of halogens is 3. The van der Waals surface area contributed by atoms with Gasteiger partial charge in [-0.25, -0.2) is 4.79 Å². The zero-order valence-electron chi connectivity index (χ0n) is 7.75. The zero-order chi connectivity index (χ0) is 11.8. The van der Waals surface area contributed by atoms with Gasteiger partial charge in [0.2, 0.25) is 0 Å². The van der Waals surface area contributed by atoms with Crippen LogP contribution in [0.1, 0.15) is 5.56 Å². The Labute approximate surface area is 87.1 Å². The maximum absolute atomic E-state index is 12.4. The van der Waals surface area contributed by atoms with E-state index in [2.05, 4.69) is 4.42 Å². The van der Waals surface area contributed by atoms with Crippen molar-refractivity contribution < 1.29 is 22.0 Å². The van der Waals surface area contributed by atoms with Crippen LogP contribution in [0, 0.1) is 0 Å². The first-order valence-corrected chi connectivity index (χ1v) is 4.23. The van der Waals surface area contributed by atoms with Crippen molar-refractivity contribution in [3.8, 4) is 11.5 Å². The Morgan fingerprint density at radius 2 is 1.88 bits per heavy atom. The van der Waals surface area contributed by atoms with Crippen LogP contribution in [-0.2, 0) is 6.18 Å². The van der Waals surface area contributed by atoms with E-state index in [0.29, 0.717) is 6.07 Å².